The molecule has 0 aliphatic carbocycles. The van der Waals surface area contributed by atoms with Crippen molar-refractivity contribution in [3.05, 3.63) is 51.2 Å². The number of hydrogen-bond acceptors (Lipinski definition) is 2. The number of benzene rings is 1. The molecule has 0 spiro atoms. The Bertz CT molecular complexity index is 568. The van der Waals surface area contributed by atoms with Gasteiger partial charge in [0, 0.05) is 15.7 Å². The van der Waals surface area contributed by atoms with Crippen LogP contribution >= 0.6 is 27.5 Å². The van der Waals surface area contributed by atoms with Gasteiger partial charge in [0.1, 0.15) is 0 Å². The van der Waals surface area contributed by atoms with Gasteiger partial charge in [-0.05, 0) is 23.8 Å². The molecule has 4 nitrogen and oxygen atoms in total. The topological polar surface area (TPSA) is 55.1 Å². The maximum atomic E-state index is 10.7. The smallest absolute Gasteiger partial charge is 0.356 e. The minimum absolute atomic E-state index is 0.0261. The summed E-state index contributed by atoms with van der Waals surface area (Å²) in [4.78, 5) is 10.7. The molecule has 1 aromatic carbocycles. The molecule has 0 unspecified atom stereocenters. The molecule has 1 N–H and O–H groups in total. The van der Waals surface area contributed by atoms with E-state index in [1.54, 1.807) is 16.9 Å². The molecule has 1 heterocycles. The SMILES string of the molecule is O=C(O)c1ccn(Cc2ccc(Br)cc2Cl)n1. The normalized spacial score (nSPS) is 10.5. The van der Waals surface area contributed by atoms with E-state index >= 15 is 0 Å². The zero-order valence-electron chi connectivity index (χ0n) is 8.60. The lowest BCUT2D eigenvalue weighted by atomic mass is 10.2. The van der Waals surface area contributed by atoms with E-state index in [0.29, 0.717) is 11.6 Å². The average Bonchev–Trinajstić information content (AvgIpc) is 2.71. The first-order chi connectivity index (χ1) is 8.06. The van der Waals surface area contributed by atoms with Crippen molar-refractivity contribution in [1.29, 1.82) is 0 Å². The third kappa shape index (κ3) is 2.87. The molecule has 0 bridgehead atoms. The maximum Gasteiger partial charge on any atom is 0.356 e. The summed E-state index contributed by atoms with van der Waals surface area (Å²) in [7, 11) is 0. The second-order valence-electron chi connectivity index (χ2n) is 3.44. The van der Waals surface area contributed by atoms with Crippen LogP contribution in [0.4, 0.5) is 0 Å². The van der Waals surface area contributed by atoms with Gasteiger partial charge in [0.2, 0.25) is 0 Å². The molecule has 0 aliphatic rings. The third-order valence-electron chi connectivity index (χ3n) is 2.21. The molecule has 17 heavy (non-hydrogen) atoms. The Morgan fingerprint density at radius 1 is 1.47 bits per heavy atom. The van der Waals surface area contributed by atoms with Crippen molar-refractivity contribution < 1.29 is 9.90 Å². The fourth-order valence-electron chi connectivity index (χ4n) is 1.39. The molecule has 0 radical (unpaired) electrons. The Morgan fingerprint density at radius 3 is 2.82 bits per heavy atom. The third-order valence-corrected chi connectivity index (χ3v) is 3.05. The number of nitrogens with zero attached hydrogens (tertiary/aromatic N) is 2. The summed E-state index contributed by atoms with van der Waals surface area (Å²) in [5.41, 5.74) is 0.910. The first-order valence-electron chi connectivity index (χ1n) is 4.77. The van der Waals surface area contributed by atoms with Gasteiger partial charge >= 0.3 is 5.97 Å². The van der Waals surface area contributed by atoms with Gasteiger partial charge in [0.15, 0.2) is 5.69 Å². The van der Waals surface area contributed by atoms with Crippen LogP contribution in [0.1, 0.15) is 16.1 Å². The van der Waals surface area contributed by atoms with Crippen molar-refractivity contribution in [3.8, 4) is 0 Å². The molecule has 2 rings (SSSR count). The first-order valence-corrected chi connectivity index (χ1v) is 5.94. The van der Waals surface area contributed by atoms with Crippen LogP contribution < -0.4 is 0 Å². The van der Waals surface area contributed by atoms with Crippen LogP contribution in [0.25, 0.3) is 0 Å². The standard InChI is InChI=1S/C11H8BrClN2O2/c12-8-2-1-7(9(13)5-8)6-15-4-3-10(14-15)11(16)17/h1-5H,6H2,(H,16,17). The van der Waals surface area contributed by atoms with E-state index in [1.165, 1.54) is 6.07 Å². The number of aromatic carboxylic acids is 1. The maximum absolute atomic E-state index is 10.7. The zero-order valence-corrected chi connectivity index (χ0v) is 10.9. The predicted molar refractivity (Wildman–Crippen MR) is 67.4 cm³/mol. The number of hydrogen-bond donors (Lipinski definition) is 1. The lowest BCUT2D eigenvalue weighted by Gasteiger charge is -2.04. The van der Waals surface area contributed by atoms with E-state index in [4.69, 9.17) is 16.7 Å². The van der Waals surface area contributed by atoms with Gasteiger partial charge in [-0.15, -0.1) is 0 Å². The van der Waals surface area contributed by atoms with E-state index in [0.717, 1.165) is 10.0 Å². The Kier molecular flexibility index (Phi) is 3.49. The van der Waals surface area contributed by atoms with Gasteiger partial charge in [-0.2, -0.15) is 5.10 Å². The van der Waals surface area contributed by atoms with Crippen LogP contribution in [0, 0.1) is 0 Å². The second-order valence-corrected chi connectivity index (χ2v) is 4.76. The summed E-state index contributed by atoms with van der Waals surface area (Å²) in [5.74, 6) is -1.04. The van der Waals surface area contributed by atoms with Crippen LogP contribution in [0.2, 0.25) is 5.02 Å². The van der Waals surface area contributed by atoms with Crippen molar-refractivity contribution in [2.75, 3.05) is 0 Å². The summed E-state index contributed by atoms with van der Waals surface area (Å²) in [5, 5.41) is 13.3. The van der Waals surface area contributed by atoms with E-state index in [9.17, 15) is 4.79 Å². The summed E-state index contributed by atoms with van der Waals surface area (Å²) in [6, 6.07) is 6.99. The monoisotopic (exact) mass is 314 g/mol. The minimum atomic E-state index is -1.04. The lowest BCUT2D eigenvalue weighted by molar-refractivity contribution is 0.0689. The fourth-order valence-corrected chi connectivity index (χ4v) is 2.12. The van der Waals surface area contributed by atoms with Gasteiger partial charge in [-0.1, -0.05) is 33.6 Å². The molecular weight excluding hydrogens is 307 g/mol. The quantitative estimate of drug-likeness (QED) is 0.947. The highest BCUT2D eigenvalue weighted by Crippen LogP contribution is 2.21. The molecule has 0 fully saturated rings. The number of halogens is 2. The highest BCUT2D eigenvalue weighted by atomic mass is 79.9. The van der Waals surface area contributed by atoms with Crippen LogP contribution in [-0.2, 0) is 6.54 Å². The van der Waals surface area contributed by atoms with Crippen molar-refractivity contribution in [2.45, 2.75) is 6.54 Å². The Hall–Kier alpha value is -1.33. The molecule has 1 aromatic heterocycles. The zero-order chi connectivity index (χ0) is 12.4. The number of carbonyl (C=O) groups is 1. The van der Waals surface area contributed by atoms with E-state index in [1.807, 2.05) is 12.1 Å². The average molecular weight is 316 g/mol. The molecule has 88 valence electrons. The van der Waals surface area contributed by atoms with E-state index in [2.05, 4.69) is 21.0 Å². The van der Waals surface area contributed by atoms with Crippen LogP contribution in [0.5, 0.6) is 0 Å². The summed E-state index contributed by atoms with van der Waals surface area (Å²) in [6.45, 7) is 0.444. The largest absolute Gasteiger partial charge is 0.476 e. The number of rotatable bonds is 3. The molecule has 2 aromatic rings. The number of carboxylic acid groups (broad SMARTS) is 1. The Morgan fingerprint density at radius 2 is 2.24 bits per heavy atom. The van der Waals surface area contributed by atoms with Crippen molar-refractivity contribution in [3.63, 3.8) is 0 Å². The summed E-state index contributed by atoms with van der Waals surface area (Å²) >= 11 is 9.38. The van der Waals surface area contributed by atoms with Crippen LogP contribution in [0.15, 0.2) is 34.9 Å². The minimum Gasteiger partial charge on any atom is -0.476 e. The molecular formula is C11H8BrClN2O2. The molecule has 0 amide bonds. The summed E-state index contributed by atoms with van der Waals surface area (Å²) in [6.07, 6.45) is 1.61. The first kappa shape index (κ1) is 12.1. The number of aromatic nitrogens is 2. The van der Waals surface area contributed by atoms with E-state index in [-0.39, 0.29) is 5.69 Å². The van der Waals surface area contributed by atoms with Gasteiger partial charge in [0.25, 0.3) is 0 Å². The van der Waals surface area contributed by atoms with Crippen molar-refractivity contribution >= 4 is 33.5 Å². The lowest BCUT2D eigenvalue weighted by Crippen LogP contribution is -2.04. The van der Waals surface area contributed by atoms with Crippen LogP contribution in [-0.4, -0.2) is 20.9 Å². The van der Waals surface area contributed by atoms with Crippen molar-refractivity contribution in [1.82, 2.24) is 9.78 Å². The van der Waals surface area contributed by atoms with Gasteiger partial charge < -0.3 is 5.11 Å². The van der Waals surface area contributed by atoms with Gasteiger partial charge in [0.05, 0.1) is 6.54 Å². The molecule has 6 heteroatoms. The fraction of sp³-hybridized carbons (Fsp3) is 0.0909. The van der Waals surface area contributed by atoms with Gasteiger partial charge in [-0.25, -0.2) is 4.79 Å². The Labute approximate surface area is 111 Å². The van der Waals surface area contributed by atoms with Crippen molar-refractivity contribution in [2.24, 2.45) is 0 Å². The van der Waals surface area contributed by atoms with Crippen LogP contribution in [0.3, 0.4) is 0 Å². The predicted octanol–water partition coefficient (Wildman–Crippen LogP) is 3.05. The summed E-state index contributed by atoms with van der Waals surface area (Å²) < 4.78 is 2.44. The molecule has 0 saturated heterocycles. The molecule has 0 saturated carbocycles. The highest BCUT2D eigenvalue weighted by molar-refractivity contribution is 9.10. The number of carboxylic acids is 1. The highest BCUT2D eigenvalue weighted by Gasteiger charge is 2.08. The Balaban J connectivity index is 2.22. The molecule has 0 atom stereocenters. The molecule has 0 aliphatic heterocycles. The van der Waals surface area contributed by atoms with E-state index < -0.39 is 5.97 Å². The second kappa shape index (κ2) is 4.89. The van der Waals surface area contributed by atoms with Gasteiger partial charge in [-0.3, -0.25) is 4.68 Å².